The van der Waals surface area contributed by atoms with Gasteiger partial charge in [0.2, 0.25) is 5.95 Å². The number of aryl methyl sites for hydroxylation is 1. The van der Waals surface area contributed by atoms with Crippen LogP contribution in [0.5, 0.6) is 0 Å². The zero-order valence-electron chi connectivity index (χ0n) is 16.9. The minimum absolute atomic E-state index is 0.133. The fraction of sp³-hybridized carbons (Fsp3) is 0.476. The number of nitrogens with zero attached hydrogens (tertiary/aromatic N) is 3. The second kappa shape index (κ2) is 8.54. The minimum atomic E-state index is -0.339. The molecule has 1 aromatic heterocycles. The van der Waals surface area contributed by atoms with Gasteiger partial charge in [-0.25, -0.2) is 9.37 Å². The van der Waals surface area contributed by atoms with Crippen LogP contribution >= 0.6 is 0 Å². The van der Waals surface area contributed by atoms with Gasteiger partial charge in [0.15, 0.2) is 0 Å². The summed E-state index contributed by atoms with van der Waals surface area (Å²) in [6.45, 7) is 4.03. The molecule has 0 radical (unpaired) electrons. The van der Waals surface area contributed by atoms with Crippen LogP contribution in [0.2, 0.25) is 0 Å². The van der Waals surface area contributed by atoms with Gasteiger partial charge in [-0.05, 0) is 63.8 Å². The van der Waals surface area contributed by atoms with E-state index in [0.29, 0.717) is 11.5 Å². The van der Waals surface area contributed by atoms with Gasteiger partial charge in [-0.2, -0.15) is 4.98 Å². The lowest BCUT2D eigenvalue weighted by molar-refractivity contribution is 0.0926. The van der Waals surface area contributed by atoms with Crippen molar-refractivity contribution in [3.8, 4) is 0 Å². The van der Waals surface area contributed by atoms with E-state index in [2.05, 4.69) is 20.6 Å². The highest BCUT2D eigenvalue weighted by atomic mass is 19.1. The number of halogens is 1. The molecular weight excluding hydrogens is 357 g/mol. The second-order valence-electron chi connectivity index (χ2n) is 7.65. The van der Waals surface area contributed by atoms with Crippen LogP contribution < -0.4 is 15.5 Å². The van der Waals surface area contributed by atoms with Crippen molar-refractivity contribution in [2.45, 2.75) is 51.6 Å². The van der Waals surface area contributed by atoms with Crippen LogP contribution in [-0.4, -0.2) is 42.1 Å². The molecule has 1 heterocycles. The number of carbonyl (C=O) groups excluding carboxylic acids is 1. The van der Waals surface area contributed by atoms with Gasteiger partial charge in [-0.3, -0.25) is 4.79 Å². The fourth-order valence-electron chi connectivity index (χ4n) is 3.55. The molecule has 1 aliphatic rings. The second-order valence-corrected chi connectivity index (χ2v) is 7.65. The molecule has 28 heavy (non-hydrogen) atoms. The molecule has 0 unspecified atom stereocenters. The van der Waals surface area contributed by atoms with Gasteiger partial charge in [0.1, 0.15) is 11.6 Å². The smallest absolute Gasteiger partial charge is 0.251 e. The predicted octanol–water partition coefficient (Wildman–Crippen LogP) is 3.45. The van der Waals surface area contributed by atoms with Crippen LogP contribution in [0, 0.1) is 19.7 Å². The van der Waals surface area contributed by atoms with Gasteiger partial charge in [0, 0.05) is 43.0 Å². The third kappa shape index (κ3) is 4.77. The molecule has 0 spiro atoms. The van der Waals surface area contributed by atoms with Gasteiger partial charge in [0.25, 0.3) is 5.91 Å². The Labute approximate surface area is 165 Å². The quantitative estimate of drug-likeness (QED) is 0.825. The van der Waals surface area contributed by atoms with Gasteiger partial charge >= 0.3 is 0 Å². The monoisotopic (exact) mass is 385 g/mol. The first-order valence-electron chi connectivity index (χ1n) is 9.69. The predicted molar refractivity (Wildman–Crippen MR) is 109 cm³/mol. The summed E-state index contributed by atoms with van der Waals surface area (Å²) in [6.07, 6.45) is 3.63. The maximum atomic E-state index is 13.0. The summed E-state index contributed by atoms with van der Waals surface area (Å²) in [5, 5.41) is 6.51. The molecule has 1 amide bonds. The average Bonchev–Trinajstić information content (AvgIpc) is 2.66. The first-order valence-corrected chi connectivity index (χ1v) is 9.69. The fourth-order valence-corrected chi connectivity index (χ4v) is 3.55. The Bertz CT molecular complexity index is 829. The first-order chi connectivity index (χ1) is 13.3. The number of rotatable bonds is 5. The summed E-state index contributed by atoms with van der Waals surface area (Å²) in [4.78, 5) is 23.5. The Balaban J connectivity index is 1.54. The van der Waals surface area contributed by atoms with E-state index in [1.807, 2.05) is 32.8 Å². The van der Waals surface area contributed by atoms with Crippen molar-refractivity contribution >= 4 is 17.7 Å². The molecule has 0 saturated heterocycles. The van der Waals surface area contributed by atoms with Crippen LogP contribution in [0.3, 0.4) is 0 Å². The van der Waals surface area contributed by atoms with E-state index in [1.165, 1.54) is 24.3 Å². The van der Waals surface area contributed by atoms with E-state index < -0.39 is 0 Å². The van der Waals surface area contributed by atoms with Gasteiger partial charge in [-0.1, -0.05) is 0 Å². The Morgan fingerprint density at radius 3 is 2.25 bits per heavy atom. The normalized spacial score (nSPS) is 19.2. The lowest BCUT2D eigenvalue weighted by Gasteiger charge is -2.30. The number of hydrogen-bond acceptors (Lipinski definition) is 5. The number of benzene rings is 1. The zero-order chi connectivity index (χ0) is 20.3. The summed E-state index contributed by atoms with van der Waals surface area (Å²) in [5.41, 5.74) is 2.55. The summed E-state index contributed by atoms with van der Waals surface area (Å²) in [6, 6.07) is 6.06. The van der Waals surface area contributed by atoms with Crippen LogP contribution in [0.15, 0.2) is 24.3 Å². The van der Waals surface area contributed by atoms with Crippen molar-refractivity contribution in [1.29, 1.82) is 0 Å². The maximum absolute atomic E-state index is 13.0. The zero-order valence-corrected chi connectivity index (χ0v) is 16.9. The largest absolute Gasteiger partial charge is 0.362 e. The first kappa shape index (κ1) is 20.0. The molecule has 1 saturated carbocycles. The van der Waals surface area contributed by atoms with Crippen molar-refractivity contribution < 1.29 is 9.18 Å². The maximum Gasteiger partial charge on any atom is 0.251 e. The molecule has 1 fully saturated rings. The summed E-state index contributed by atoms with van der Waals surface area (Å²) < 4.78 is 13.0. The molecule has 2 aromatic rings. The van der Waals surface area contributed by atoms with Crippen molar-refractivity contribution in [3.63, 3.8) is 0 Å². The Kier molecular flexibility index (Phi) is 6.11. The third-order valence-corrected chi connectivity index (χ3v) is 5.29. The van der Waals surface area contributed by atoms with E-state index >= 15 is 0 Å². The average molecular weight is 385 g/mol. The molecule has 0 atom stereocenters. The lowest BCUT2D eigenvalue weighted by Crippen LogP contribution is -2.40. The molecule has 150 valence electrons. The molecule has 6 nitrogen and oxygen atoms in total. The van der Waals surface area contributed by atoms with Crippen molar-refractivity contribution in [2.75, 3.05) is 24.3 Å². The minimum Gasteiger partial charge on any atom is -0.362 e. The SMILES string of the molecule is Cc1nc(N[C@H]2CC[C@@H](NC(=O)c3ccc(F)cc3)CC2)nc(N(C)C)c1C. The van der Waals surface area contributed by atoms with Gasteiger partial charge in [-0.15, -0.1) is 0 Å². The van der Waals surface area contributed by atoms with Gasteiger partial charge < -0.3 is 15.5 Å². The van der Waals surface area contributed by atoms with E-state index in [4.69, 9.17) is 0 Å². The standard InChI is InChI=1S/C21H28FN5O/c1-13-14(2)23-21(26-19(13)27(3)4)25-18-11-9-17(10-12-18)24-20(28)15-5-7-16(22)8-6-15/h5-8,17-18H,9-12H2,1-4H3,(H,24,28)(H,23,25,26)/t17-,18+. The molecule has 0 aliphatic heterocycles. The van der Waals surface area contributed by atoms with E-state index in [9.17, 15) is 9.18 Å². The molecular formula is C21H28FN5O. The van der Waals surface area contributed by atoms with Crippen molar-refractivity contribution in [3.05, 3.63) is 46.9 Å². The van der Waals surface area contributed by atoms with E-state index in [0.717, 1.165) is 42.8 Å². The molecule has 1 aliphatic carbocycles. The molecule has 7 heteroatoms. The summed E-state index contributed by atoms with van der Waals surface area (Å²) >= 11 is 0. The summed E-state index contributed by atoms with van der Waals surface area (Å²) in [7, 11) is 3.96. The van der Waals surface area contributed by atoms with E-state index in [-0.39, 0.29) is 23.8 Å². The van der Waals surface area contributed by atoms with Gasteiger partial charge in [0.05, 0.1) is 0 Å². The third-order valence-electron chi connectivity index (χ3n) is 5.29. The number of hydrogen-bond donors (Lipinski definition) is 2. The highest BCUT2D eigenvalue weighted by Crippen LogP contribution is 2.24. The van der Waals surface area contributed by atoms with Crippen LogP contribution in [-0.2, 0) is 0 Å². The topological polar surface area (TPSA) is 70.1 Å². The number of anilines is 2. The molecule has 0 bridgehead atoms. The Morgan fingerprint density at radius 1 is 1.04 bits per heavy atom. The van der Waals surface area contributed by atoms with Crippen molar-refractivity contribution in [2.24, 2.45) is 0 Å². The Hall–Kier alpha value is -2.70. The lowest BCUT2D eigenvalue weighted by atomic mass is 9.91. The number of carbonyl (C=O) groups is 1. The molecule has 3 rings (SSSR count). The number of aromatic nitrogens is 2. The van der Waals surface area contributed by atoms with Crippen LogP contribution in [0.4, 0.5) is 16.2 Å². The van der Waals surface area contributed by atoms with Crippen LogP contribution in [0.1, 0.15) is 47.3 Å². The number of nitrogens with one attached hydrogen (secondary N) is 2. The summed E-state index contributed by atoms with van der Waals surface area (Å²) in [5.74, 6) is 1.10. The number of amides is 1. The molecule has 1 aromatic carbocycles. The van der Waals surface area contributed by atoms with E-state index in [1.54, 1.807) is 0 Å². The highest BCUT2D eigenvalue weighted by Gasteiger charge is 2.24. The molecule has 2 N–H and O–H groups in total. The van der Waals surface area contributed by atoms with Crippen LogP contribution in [0.25, 0.3) is 0 Å². The highest BCUT2D eigenvalue weighted by molar-refractivity contribution is 5.94. The van der Waals surface area contributed by atoms with Crippen molar-refractivity contribution in [1.82, 2.24) is 15.3 Å². The Morgan fingerprint density at radius 2 is 1.64 bits per heavy atom.